The van der Waals surface area contributed by atoms with Crippen molar-refractivity contribution in [1.82, 2.24) is 9.88 Å². The van der Waals surface area contributed by atoms with Gasteiger partial charge in [0.15, 0.2) is 9.84 Å². The summed E-state index contributed by atoms with van der Waals surface area (Å²) in [6, 6.07) is 10.4. The van der Waals surface area contributed by atoms with Gasteiger partial charge in [-0.2, -0.15) is 0 Å². The number of anilines is 2. The fourth-order valence-corrected chi connectivity index (χ4v) is 4.98. The van der Waals surface area contributed by atoms with Gasteiger partial charge in [-0.1, -0.05) is 17.7 Å². The fraction of sp³-hybridized carbons (Fsp3) is 0.333. The van der Waals surface area contributed by atoms with E-state index >= 15 is 0 Å². The number of carbonyl (C=O) groups is 1. The molecule has 26 heavy (non-hydrogen) atoms. The van der Waals surface area contributed by atoms with Gasteiger partial charge in [-0.05, 0) is 43.7 Å². The SMILES string of the molecule is CCN(C(=O)c1ccc(Nc2cccc(Cl)c2)nc1)C1CCS(=O)(=O)C1. The van der Waals surface area contributed by atoms with E-state index in [0.29, 0.717) is 29.4 Å². The van der Waals surface area contributed by atoms with Gasteiger partial charge in [0.2, 0.25) is 0 Å². The molecule has 6 nitrogen and oxygen atoms in total. The quantitative estimate of drug-likeness (QED) is 0.844. The average molecular weight is 394 g/mol. The topological polar surface area (TPSA) is 79.4 Å². The molecule has 0 saturated carbocycles. The lowest BCUT2D eigenvalue weighted by molar-refractivity contribution is 0.0708. The minimum Gasteiger partial charge on any atom is -0.340 e. The minimum atomic E-state index is -3.04. The molecule has 2 heterocycles. The first-order chi connectivity index (χ1) is 12.4. The van der Waals surface area contributed by atoms with E-state index in [2.05, 4.69) is 10.3 Å². The molecule has 138 valence electrons. The van der Waals surface area contributed by atoms with Crippen molar-refractivity contribution in [2.75, 3.05) is 23.4 Å². The molecule has 0 spiro atoms. The Morgan fingerprint density at radius 3 is 2.73 bits per heavy atom. The normalized spacial score (nSPS) is 18.5. The zero-order valence-corrected chi connectivity index (χ0v) is 15.9. The summed E-state index contributed by atoms with van der Waals surface area (Å²) >= 11 is 5.96. The second-order valence-electron chi connectivity index (χ2n) is 6.22. The summed E-state index contributed by atoms with van der Waals surface area (Å²) in [7, 11) is -3.04. The number of nitrogens with one attached hydrogen (secondary N) is 1. The maximum atomic E-state index is 12.7. The molecular formula is C18H20ClN3O3S. The van der Waals surface area contributed by atoms with Crippen LogP contribution in [-0.4, -0.2) is 48.3 Å². The zero-order valence-electron chi connectivity index (χ0n) is 14.4. The Bertz CT molecular complexity index is 900. The summed E-state index contributed by atoms with van der Waals surface area (Å²) in [5.74, 6) is 0.572. The number of benzene rings is 1. The van der Waals surface area contributed by atoms with Gasteiger partial charge in [-0.3, -0.25) is 4.79 Å². The molecule has 1 aromatic carbocycles. The van der Waals surface area contributed by atoms with Crippen LogP contribution < -0.4 is 5.32 Å². The van der Waals surface area contributed by atoms with Crippen molar-refractivity contribution >= 4 is 38.9 Å². The Morgan fingerprint density at radius 2 is 2.15 bits per heavy atom. The molecule has 1 atom stereocenters. The number of rotatable bonds is 5. The highest BCUT2D eigenvalue weighted by Gasteiger charge is 2.34. The molecule has 3 rings (SSSR count). The van der Waals surface area contributed by atoms with Crippen molar-refractivity contribution in [2.45, 2.75) is 19.4 Å². The highest BCUT2D eigenvalue weighted by Crippen LogP contribution is 2.21. The third-order valence-corrected chi connectivity index (χ3v) is 6.34. The second kappa shape index (κ2) is 7.63. The van der Waals surface area contributed by atoms with Gasteiger partial charge < -0.3 is 10.2 Å². The largest absolute Gasteiger partial charge is 0.340 e. The Balaban J connectivity index is 1.71. The van der Waals surface area contributed by atoms with Crippen LogP contribution in [0.2, 0.25) is 5.02 Å². The van der Waals surface area contributed by atoms with E-state index in [1.54, 1.807) is 29.2 Å². The Hall–Kier alpha value is -2.12. The fourth-order valence-electron chi connectivity index (χ4n) is 3.06. The maximum Gasteiger partial charge on any atom is 0.255 e. The van der Waals surface area contributed by atoms with E-state index in [1.807, 2.05) is 19.1 Å². The third kappa shape index (κ3) is 4.34. The lowest BCUT2D eigenvalue weighted by Gasteiger charge is -2.26. The van der Waals surface area contributed by atoms with Crippen molar-refractivity contribution in [3.05, 3.63) is 53.2 Å². The second-order valence-corrected chi connectivity index (χ2v) is 8.88. The van der Waals surface area contributed by atoms with Crippen molar-refractivity contribution < 1.29 is 13.2 Å². The highest BCUT2D eigenvalue weighted by molar-refractivity contribution is 7.91. The van der Waals surface area contributed by atoms with Gasteiger partial charge in [-0.25, -0.2) is 13.4 Å². The lowest BCUT2D eigenvalue weighted by Crippen LogP contribution is -2.41. The van der Waals surface area contributed by atoms with Crippen LogP contribution in [0.4, 0.5) is 11.5 Å². The number of nitrogens with zero attached hydrogens (tertiary/aromatic N) is 2. The molecule has 8 heteroatoms. The van der Waals surface area contributed by atoms with Crippen molar-refractivity contribution in [2.24, 2.45) is 0 Å². The molecule has 1 saturated heterocycles. The molecule has 0 radical (unpaired) electrons. The van der Waals surface area contributed by atoms with Crippen molar-refractivity contribution in [1.29, 1.82) is 0 Å². The minimum absolute atomic E-state index is 0.0361. The van der Waals surface area contributed by atoms with Crippen molar-refractivity contribution in [3.8, 4) is 0 Å². The average Bonchev–Trinajstić information content (AvgIpc) is 2.96. The number of hydrogen-bond donors (Lipinski definition) is 1. The van der Waals surface area contributed by atoms with E-state index in [-0.39, 0.29) is 23.5 Å². The summed E-state index contributed by atoms with van der Waals surface area (Å²) in [4.78, 5) is 18.6. The molecule has 1 aliphatic heterocycles. The highest BCUT2D eigenvalue weighted by atomic mass is 35.5. The van der Waals surface area contributed by atoms with E-state index in [1.165, 1.54) is 6.20 Å². The van der Waals surface area contributed by atoms with Gasteiger partial charge in [0.1, 0.15) is 5.82 Å². The summed E-state index contributed by atoms with van der Waals surface area (Å²) in [6.07, 6.45) is 1.99. The predicted molar refractivity (Wildman–Crippen MR) is 103 cm³/mol. The van der Waals surface area contributed by atoms with E-state index in [4.69, 9.17) is 11.6 Å². The van der Waals surface area contributed by atoms with Crippen molar-refractivity contribution in [3.63, 3.8) is 0 Å². The van der Waals surface area contributed by atoms with Gasteiger partial charge in [0, 0.05) is 29.5 Å². The predicted octanol–water partition coefficient (Wildman–Crippen LogP) is 3.13. The zero-order chi connectivity index (χ0) is 18.7. The number of sulfone groups is 1. The van der Waals surface area contributed by atoms with Crippen LogP contribution in [0.15, 0.2) is 42.6 Å². The van der Waals surface area contributed by atoms with Gasteiger partial charge in [-0.15, -0.1) is 0 Å². The summed E-state index contributed by atoms with van der Waals surface area (Å²) < 4.78 is 23.4. The number of carbonyl (C=O) groups excluding carboxylic acids is 1. The van der Waals surface area contributed by atoms with Crippen LogP contribution in [0.3, 0.4) is 0 Å². The summed E-state index contributed by atoms with van der Waals surface area (Å²) in [5, 5.41) is 3.74. The number of halogens is 1. The van der Waals surface area contributed by atoms with E-state index in [9.17, 15) is 13.2 Å². The standard InChI is InChI=1S/C18H20ClN3O3S/c1-2-22(16-8-9-26(24,25)12-16)18(23)13-6-7-17(20-11-13)21-15-5-3-4-14(19)10-15/h3-7,10-11,16H,2,8-9,12H2,1H3,(H,20,21). The lowest BCUT2D eigenvalue weighted by atomic mass is 10.1. The molecule has 1 aliphatic rings. The molecule has 1 N–H and O–H groups in total. The van der Waals surface area contributed by atoms with Gasteiger partial charge >= 0.3 is 0 Å². The van der Waals surface area contributed by atoms with Crippen LogP contribution in [-0.2, 0) is 9.84 Å². The molecule has 1 aromatic heterocycles. The molecule has 1 unspecified atom stereocenters. The molecule has 0 bridgehead atoms. The molecule has 1 fully saturated rings. The summed E-state index contributed by atoms with van der Waals surface area (Å²) in [6.45, 7) is 2.31. The van der Waals surface area contributed by atoms with Crippen LogP contribution in [0.5, 0.6) is 0 Å². The number of hydrogen-bond acceptors (Lipinski definition) is 5. The van der Waals surface area contributed by atoms with E-state index < -0.39 is 9.84 Å². The number of aromatic nitrogens is 1. The smallest absolute Gasteiger partial charge is 0.255 e. The molecular weight excluding hydrogens is 374 g/mol. The van der Waals surface area contributed by atoms with E-state index in [0.717, 1.165) is 5.69 Å². The molecule has 1 amide bonds. The van der Waals surface area contributed by atoms with Crippen LogP contribution in [0, 0.1) is 0 Å². The first kappa shape index (κ1) is 18.7. The monoisotopic (exact) mass is 393 g/mol. The Morgan fingerprint density at radius 1 is 1.35 bits per heavy atom. The summed E-state index contributed by atoms with van der Waals surface area (Å²) in [5.41, 5.74) is 1.24. The number of pyridine rings is 1. The van der Waals surface area contributed by atoms with Crippen LogP contribution >= 0.6 is 11.6 Å². The van der Waals surface area contributed by atoms with Gasteiger partial charge in [0.25, 0.3) is 5.91 Å². The Labute approximate surface area is 158 Å². The maximum absolute atomic E-state index is 12.7. The van der Waals surface area contributed by atoms with Gasteiger partial charge in [0.05, 0.1) is 17.1 Å². The van der Waals surface area contributed by atoms with Crippen LogP contribution in [0.1, 0.15) is 23.7 Å². The Kier molecular flexibility index (Phi) is 5.48. The first-order valence-corrected chi connectivity index (χ1v) is 10.6. The van der Waals surface area contributed by atoms with Crippen LogP contribution in [0.25, 0.3) is 0 Å². The molecule has 2 aromatic rings. The third-order valence-electron chi connectivity index (χ3n) is 4.36. The number of amides is 1. The molecule has 0 aliphatic carbocycles. The first-order valence-electron chi connectivity index (χ1n) is 8.38.